The fourth-order valence-corrected chi connectivity index (χ4v) is 1.30. The van der Waals surface area contributed by atoms with E-state index < -0.39 is 0 Å². The summed E-state index contributed by atoms with van der Waals surface area (Å²) in [5, 5.41) is 0. The van der Waals surface area contributed by atoms with Gasteiger partial charge in [-0.1, -0.05) is 0 Å². The number of rotatable bonds is 1. The number of ether oxygens (including phenoxy) is 1. The van der Waals surface area contributed by atoms with Crippen LogP contribution in [-0.4, -0.2) is 22.4 Å². The highest BCUT2D eigenvalue weighted by Crippen LogP contribution is 2.13. The third-order valence-corrected chi connectivity index (χ3v) is 2.02. The van der Waals surface area contributed by atoms with Crippen molar-refractivity contribution in [2.24, 2.45) is 0 Å². The van der Waals surface area contributed by atoms with Crippen molar-refractivity contribution in [2.45, 2.75) is 20.0 Å². The van der Waals surface area contributed by atoms with Gasteiger partial charge in [-0.05, 0) is 12.0 Å². The second kappa shape index (κ2) is 3.22. The van der Waals surface area contributed by atoms with Gasteiger partial charge in [0.05, 0.1) is 18.9 Å². The second-order valence-corrected chi connectivity index (χ2v) is 3.02. The van der Waals surface area contributed by atoms with Crippen LogP contribution < -0.4 is 0 Å². The summed E-state index contributed by atoms with van der Waals surface area (Å²) >= 11 is 0. The summed E-state index contributed by atoms with van der Waals surface area (Å²) in [5.41, 5.74) is 1.95. The molecule has 0 radical (unpaired) electrons. The Kier molecular flexibility index (Phi) is 2.06. The normalized spacial score (nSPS) is 15.2. The quantitative estimate of drug-likeness (QED) is 0.595. The molecule has 4 nitrogen and oxygen atoms in total. The maximum Gasteiger partial charge on any atom is 0.196 e. The van der Waals surface area contributed by atoms with Gasteiger partial charge in [-0.15, -0.1) is 0 Å². The molecule has 1 aliphatic rings. The van der Waals surface area contributed by atoms with Crippen LogP contribution in [0.4, 0.5) is 0 Å². The Labute approximate surface area is 76.0 Å². The highest BCUT2D eigenvalue weighted by Gasteiger charge is 2.13. The number of Topliss-reactive ketones (excluding diaryl/α,β-unsaturated/α-hetero) is 1. The third-order valence-electron chi connectivity index (χ3n) is 2.02. The minimum absolute atomic E-state index is 0.103. The van der Waals surface area contributed by atoms with Gasteiger partial charge in [-0.3, -0.25) is 4.79 Å². The van der Waals surface area contributed by atoms with Gasteiger partial charge in [0.25, 0.3) is 0 Å². The Morgan fingerprint density at radius 3 is 3.23 bits per heavy atom. The largest absolute Gasteiger partial charge is 0.375 e. The van der Waals surface area contributed by atoms with Crippen molar-refractivity contribution >= 4 is 5.78 Å². The van der Waals surface area contributed by atoms with Crippen LogP contribution >= 0.6 is 0 Å². The summed E-state index contributed by atoms with van der Waals surface area (Å²) in [6.07, 6.45) is 2.56. The fourth-order valence-electron chi connectivity index (χ4n) is 1.30. The van der Waals surface area contributed by atoms with E-state index in [-0.39, 0.29) is 11.6 Å². The van der Waals surface area contributed by atoms with E-state index in [1.807, 2.05) is 0 Å². The summed E-state index contributed by atoms with van der Waals surface area (Å²) in [6, 6.07) is 0. The Bertz CT molecular complexity index is 349. The van der Waals surface area contributed by atoms with Crippen molar-refractivity contribution in [1.82, 2.24) is 9.97 Å². The monoisotopic (exact) mass is 178 g/mol. The van der Waals surface area contributed by atoms with Crippen LogP contribution in [-0.2, 0) is 17.8 Å². The molecule has 1 aromatic rings. The topological polar surface area (TPSA) is 52.1 Å². The van der Waals surface area contributed by atoms with Gasteiger partial charge in [-0.2, -0.15) is 0 Å². The van der Waals surface area contributed by atoms with Crippen molar-refractivity contribution in [3.63, 3.8) is 0 Å². The van der Waals surface area contributed by atoms with Gasteiger partial charge in [0, 0.05) is 13.1 Å². The molecule has 0 fully saturated rings. The molecule has 0 saturated heterocycles. The molecule has 0 N–H and O–H groups in total. The highest BCUT2D eigenvalue weighted by atomic mass is 16.5. The van der Waals surface area contributed by atoms with Crippen molar-refractivity contribution in [1.29, 1.82) is 0 Å². The van der Waals surface area contributed by atoms with Gasteiger partial charge >= 0.3 is 0 Å². The number of hydrogen-bond donors (Lipinski definition) is 0. The third kappa shape index (κ3) is 1.58. The van der Waals surface area contributed by atoms with Crippen LogP contribution in [0, 0.1) is 0 Å². The van der Waals surface area contributed by atoms with Gasteiger partial charge in [0.2, 0.25) is 0 Å². The zero-order valence-corrected chi connectivity index (χ0v) is 7.41. The molecule has 1 aliphatic heterocycles. The molecule has 0 aromatic carbocycles. The summed E-state index contributed by atoms with van der Waals surface area (Å²) in [5.74, 6) is 0.178. The van der Waals surface area contributed by atoms with Gasteiger partial charge in [0.15, 0.2) is 11.6 Å². The average Bonchev–Trinajstić information content (AvgIpc) is 2.17. The lowest BCUT2D eigenvalue weighted by Crippen LogP contribution is -2.15. The minimum atomic E-state index is -0.103. The molecule has 0 saturated carbocycles. The molecule has 68 valence electrons. The average molecular weight is 178 g/mol. The number of aromatic nitrogens is 2. The summed E-state index contributed by atoms with van der Waals surface area (Å²) < 4.78 is 5.23. The molecule has 2 heterocycles. The van der Waals surface area contributed by atoms with E-state index in [1.165, 1.54) is 6.92 Å². The first kappa shape index (κ1) is 8.31. The standard InChI is InChI=1S/C9H10N2O2/c1-6(12)9-10-4-7-2-3-13-5-8(7)11-9/h4H,2-3,5H2,1H3. The molecular weight excluding hydrogens is 168 g/mol. The molecule has 1 aromatic heterocycles. The molecule has 13 heavy (non-hydrogen) atoms. The maximum absolute atomic E-state index is 11.0. The molecule has 0 aliphatic carbocycles. The van der Waals surface area contributed by atoms with E-state index in [2.05, 4.69) is 9.97 Å². The second-order valence-electron chi connectivity index (χ2n) is 3.02. The lowest BCUT2D eigenvalue weighted by molar-refractivity contribution is 0.0989. The molecular formula is C9H10N2O2. The first-order valence-corrected chi connectivity index (χ1v) is 4.21. The van der Waals surface area contributed by atoms with Gasteiger partial charge in [-0.25, -0.2) is 9.97 Å². The van der Waals surface area contributed by atoms with E-state index in [1.54, 1.807) is 6.20 Å². The molecule has 0 spiro atoms. The van der Waals surface area contributed by atoms with Crippen molar-refractivity contribution < 1.29 is 9.53 Å². The van der Waals surface area contributed by atoms with Crippen LogP contribution in [0.5, 0.6) is 0 Å². The molecule has 4 heteroatoms. The van der Waals surface area contributed by atoms with Gasteiger partial charge < -0.3 is 4.74 Å². The number of nitrogens with zero attached hydrogens (tertiary/aromatic N) is 2. The highest BCUT2D eigenvalue weighted by molar-refractivity contribution is 5.90. The number of fused-ring (bicyclic) bond motifs is 1. The fraction of sp³-hybridized carbons (Fsp3) is 0.444. The predicted octanol–water partition coefficient (Wildman–Crippen LogP) is 0.752. The first-order chi connectivity index (χ1) is 6.27. The first-order valence-electron chi connectivity index (χ1n) is 4.21. The van der Waals surface area contributed by atoms with Crippen LogP contribution in [0.15, 0.2) is 6.20 Å². The van der Waals surface area contributed by atoms with Crippen LogP contribution in [0.2, 0.25) is 0 Å². The van der Waals surface area contributed by atoms with Gasteiger partial charge in [0.1, 0.15) is 0 Å². The molecule has 0 atom stereocenters. The smallest absolute Gasteiger partial charge is 0.196 e. The van der Waals surface area contributed by atoms with Crippen molar-refractivity contribution in [3.05, 3.63) is 23.3 Å². The Balaban J connectivity index is 2.40. The summed E-state index contributed by atoms with van der Waals surface area (Å²) in [4.78, 5) is 19.1. The van der Waals surface area contributed by atoms with E-state index >= 15 is 0 Å². The Morgan fingerprint density at radius 2 is 2.46 bits per heavy atom. The predicted molar refractivity (Wildman–Crippen MR) is 45.4 cm³/mol. The molecule has 0 unspecified atom stereocenters. The van der Waals surface area contributed by atoms with Crippen LogP contribution in [0.3, 0.4) is 0 Å². The number of hydrogen-bond acceptors (Lipinski definition) is 4. The maximum atomic E-state index is 11.0. The SMILES string of the molecule is CC(=O)c1ncc2c(n1)COCC2. The van der Waals surface area contributed by atoms with E-state index in [9.17, 15) is 4.79 Å². The number of carbonyl (C=O) groups is 1. The lowest BCUT2D eigenvalue weighted by Gasteiger charge is -2.14. The molecule has 0 amide bonds. The number of ketones is 1. The van der Waals surface area contributed by atoms with E-state index in [4.69, 9.17) is 4.74 Å². The molecule has 0 bridgehead atoms. The zero-order valence-electron chi connectivity index (χ0n) is 7.41. The molecule has 2 rings (SSSR count). The van der Waals surface area contributed by atoms with E-state index in [0.717, 1.165) is 24.3 Å². The van der Waals surface area contributed by atoms with Crippen molar-refractivity contribution in [3.8, 4) is 0 Å². The Morgan fingerprint density at radius 1 is 1.62 bits per heavy atom. The van der Waals surface area contributed by atoms with Crippen molar-refractivity contribution in [2.75, 3.05) is 6.61 Å². The summed E-state index contributed by atoms with van der Waals surface area (Å²) in [7, 11) is 0. The number of carbonyl (C=O) groups excluding carboxylic acids is 1. The van der Waals surface area contributed by atoms with Crippen LogP contribution in [0.1, 0.15) is 28.8 Å². The Hall–Kier alpha value is -1.29. The minimum Gasteiger partial charge on any atom is -0.375 e. The lowest BCUT2D eigenvalue weighted by atomic mass is 10.1. The van der Waals surface area contributed by atoms with E-state index in [0.29, 0.717) is 6.61 Å². The van der Waals surface area contributed by atoms with Crippen LogP contribution in [0.25, 0.3) is 0 Å². The zero-order chi connectivity index (χ0) is 9.26. The summed E-state index contributed by atoms with van der Waals surface area (Å²) in [6.45, 7) is 2.68.